The SMILES string of the molecule is CCS(=O)(=O)c1ccc(NC(=O)CCc2ncc(-c3ccc(Cl)cc3)o2)cc1. The van der Waals surface area contributed by atoms with Crippen LogP contribution in [-0.4, -0.2) is 25.1 Å². The van der Waals surface area contributed by atoms with E-state index in [0.29, 0.717) is 28.8 Å². The van der Waals surface area contributed by atoms with Crippen molar-refractivity contribution < 1.29 is 17.6 Å². The maximum Gasteiger partial charge on any atom is 0.224 e. The number of nitrogens with one attached hydrogen (secondary N) is 1. The molecule has 0 atom stereocenters. The van der Waals surface area contributed by atoms with Crippen LogP contribution in [0.1, 0.15) is 19.2 Å². The van der Waals surface area contributed by atoms with Gasteiger partial charge in [-0.25, -0.2) is 13.4 Å². The van der Waals surface area contributed by atoms with Gasteiger partial charge in [0.15, 0.2) is 21.5 Å². The fourth-order valence-corrected chi connectivity index (χ4v) is 3.54. The lowest BCUT2D eigenvalue weighted by atomic mass is 10.2. The highest BCUT2D eigenvalue weighted by Crippen LogP contribution is 2.23. The minimum atomic E-state index is -3.25. The Morgan fingerprint density at radius 1 is 1.11 bits per heavy atom. The molecular formula is C20H19ClN2O4S. The zero-order valence-electron chi connectivity index (χ0n) is 15.2. The van der Waals surface area contributed by atoms with E-state index < -0.39 is 9.84 Å². The van der Waals surface area contributed by atoms with E-state index in [0.717, 1.165) is 5.56 Å². The largest absolute Gasteiger partial charge is 0.441 e. The van der Waals surface area contributed by atoms with Gasteiger partial charge in [0.1, 0.15) is 0 Å². The van der Waals surface area contributed by atoms with Gasteiger partial charge >= 0.3 is 0 Å². The standard InChI is InChI=1S/C20H19ClN2O4S/c1-2-28(25,26)17-9-7-16(8-10-17)23-19(24)11-12-20-22-13-18(27-20)14-3-5-15(21)6-4-14/h3-10,13H,2,11-12H2,1H3,(H,23,24). The lowest BCUT2D eigenvalue weighted by Crippen LogP contribution is -2.12. The molecule has 1 aromatic heterocycles. The molecule has 0 saturated heterocycles. The van der Waals surface area contributed by atoms with Crippen molar-refractivity contribution in [1.82, 2.24) is 4.98 Å². The number of aryl methyl sites for hydroxylation is 1. The summed E-state index contributed by atoms with van der Waals surface area (Å²) in [6, 6.07) is 13.3. The number of rotatable bonds is 7. The minimum Gasteiger partial charge on any atom is -0.441 e. The molecule has 2 aromatic carbocycles. The Hall–Kier alpha value is -2.64. The molecule has 0 bridgehead atoms. The minimum absolute atomic E-state index is 0.0346. The summed E-state index contributed by atoms with van der Waals surface area (Å²) in [7, 11) is -3.25. The number of carbonyl (C=O) groups is 1. The van der Waals surface area contributed by atoms with Gasteiger partial charge in [0.05, 0.1) is 16.8 Å². The van der Waals surface area contributed by atoms with Crippen molar-refractivity contribution in [3.63, 3.8) is 0 Å². The van der Waals surface area contributed by atoms with Gasteiger partial charge in [-0.2, -0.15) is 0 Å². The van der Waals surface area contributed by atoms with Gasteiger partial charge in [-0.05, 0) is 48.5 Å². The smallest absolute Gasteiger partial charge is 0.224 e. The van der Waals surface area contributed by atoms with Crippen LogP contribution >= 0.6 is 11.6 Å². The van der Waals surface area contributed by atoms with Crippen LogP contribution in [0.25, 0.3) is 11.3 Å². The predicted octanol–water partition coefficient (Wildman–Crippen LogP) is 4.36. The van der Waals surface area contributed by atoms with Gasteiger partial charge in [-0.15, -0.1) is 0 Å². The fourth-order valence-electron chi connectivity index (χ4n) is 2.53. The van der Waals surface area contributed by atoms with E-state index >= 15 is 0 Å². The molecular weight excluding hydrogens is 400 g/mol. The molecule has 3 aromatic rings. The molecule has 0 spiro atoms. The Morgan fingerprint density at radius 2 is 1.79 bits per heavy atom. The van der Waals surface area contributed by atoms with Crippen molar-refractivity contribution >= 4 is 33.0 Å². The van der Waals surface area contributed by atoms with E-state index in [2.05, 4.69) is 10.3 Å². The van der Waals surface area contributed by atoms with Crippen LogP contribution in [0.2, 0.25) is 5.02 Å². The highest BCUT2D eigenvalue weighted by atomic mass is 35.5. The zero-order valence-corrected chi connectivity index (χ0v) is 16.8. The molecule has 146 valence electrons. The number of amides is 1. The third-order valence-corrected chi connectivity index (χ3v) is 6.13. The van der Waals surface area contributed by atoms with Gasteiger partial charge in [0.2, 0.25) is 5.91 Å². The summed E-state index contributed by atoms with van der Waals surface area (Å²) < 4.78 is 29.3. The first-order valence-corrected chi connectivity index (χ1v) is 10.7. The molecule has 0 unspecified atom stereocenters. The zero-order chi connectivity index (χ0) is 20.1. The second kappa shape index (κ2) is 8.58. The normalized spacial score (nSPS) is 11.4. The Kier molecular flexibility index (Phi) is 6.16. The molecule has 0 fully saturated rings. The summed E-state index contributed by atoms with van der Waals surface area (Å²) in [5.41, 5.74) is 1.39. The summed E-state index contributed by atoms with van der Waals surface area (Å²) in [5, 5.41) is 3.38. The molecule has 0 aliphatic heterocycles. The molecule has 6 nitrogen and oxygen atoms in total. The van der Waals surface area contributed by atoms with Crippen molar-refractivity contribution in [3.8, 4) is 11.3 Å². The van der Waals surface area contributed by atoms with E-state index in [-0.39, 0.29) is 23.0 Å². The van der Waals surface area contributed by atoms with Crippen LogP contribution in [-0.2, 0) is 21.1 Å². The lowest BCUT2D eigenvalue weighted by molar-refractivity contribution is -0.116. The maximum atomic E-state index is 12.1. The number of benzene rings is 2. The second-order valence-corrected chi connectivity index (χ2v) is 8.82. The summed E-state index contributed by atoms with van der Waals surface area (Å²) in [5.74, 6) is 0.897. The first-order chi connectivity index (χ1) is 13.4. The monoisotopic (exact) mass is 418 g/mol. The molecule has 1 N–H and O–H groups in total. The number of nitrogens with zero attached hydrogens (tertiary/aromatic N) is 1. The van der Waals surface area contributed by atoms with Gasteiger partial charge in [0.25, 0.3) is 0 Å². The number of carbonyl (C=O) groups excluding carboxylic acids is 1. The molecule has 0 saturated carbocycles. The van der Waals surface area contributed by atoms with Crippen molar-refractivity contribution in [2.75, 3.05) is 11.1 Å². The van der Waals surface area contributed by atoms with Gasteiger partial charge in [-0.1, -0.05) is 18.5 Å². The average molecular weight is 419 g/mol. The van der Waals surface area contributed by atoms with Crippen molar-refractivity contribution in [3.05, 3.63) is 65.6 Å². The Bertz CT molecular complexity index is 1060. The van der Waals surface area contributed by atoms with E-state index in [1.165, 1.54) is 12.1 Å². The molecule has 3 rings (SSSR count). The topological polar surface area (TPSA) is 89.3 Å². The number of hydrogen-bond acceptors (Lipinski definition) is 5. The Labute approximate surface area is 168 Å². The molecule has 0 aliphatic carbocycles. The molecule has 1 heterocycles. The summed E-state index contributed by atoms with van der Waals surface area (Å²) >= 11 is 5.87. The van der Waals surface area contributed by atoms with Crippen molar-refractivity contribution in [1.29, 1.82) is 0 Å². The Balaban J connectivity index is 1.55. The number of halogens is 1. The van der Waals surface area contributed by atoms with Crippen LogP contribution in [0.5, 0.6) is 0 Å². The molecule has 0 aliphatic rings. The number of anilines is 1. The highest BCUT2D eigenvalue weighted by Gasteiger charge is 2.12. The van der Waals surface area contributed by atoms with E-state index in [9.17, 15) is 13.2 Å². The van der Waals surface area contributed by atoms with Gasteiger partial charge in [0, 0.05) is 29.1 Å². The van der Waals surface area contributed by atoms with E-state index in [1.807, 2.05) is 12.1 Å². The van der Waals surface area contributed by atoms with E-state index in [4.69, 9.17) is 16.0 Å². The quantitative estimate of drug-likeness (QED) is 0.615. The van der Waals surface area contributed by atoms with Crippen LogP contribution in [0.4, 0.5) is 5.69 Å². The highest BCUT2D eigenvalue weighted by molar-refractivity contribution is 7.91. The fraction of sp³-hybridized carbons (Fsp3) is 0.200. The lowest BCUT2D eigenvalue weighted by Gasteiger charge is -2.06. The third-order valence-electron chi connectivity index (χ3n) is 4.13. The summed E-state index contributed by atoms with van der Waals surface area (Å²) in [6.07, 6.45) is 2.15. The second-order valence-electron chi connectivity index (χ2n) is 6.10. The Morgan fingerprint density at radius 3 is 2.43 bits per heavy atom. The number of sulfone groups is 1. The first-order valence-electron chi connectivity index (χ1n) is 8.70. The number of hydrogen-bond donors (Lipinski definition) is 1. The summed E-state index contributed by atoms with van der Waals surface area (Å²) in [4.78, 5) is 16.6. The van der Waals surface area contributed by atoms with Crippen LogP contribution in [0, 0.1) is 0 Å². The third kappa shape index (κ3) is 4.99. The molecule has 0 radical (unpaired) electrons. The van der Waals surface area contributed by atoms with Gasteiger partial charge < -0.3 is 9.73 Å². The molecule has 8 heteroatoms. The molecule has 1 amide bonds. The molecule has 28 heavy (non-hydrogen) atoms. The van der Waals surface area contributed by atoms with Crippen molar-refractivity contribution in [2.24, 2.45) is 0 Å². The van der Waals surface area contributed by atoms with Crippen LogP contribution < -0.4 is 5.32 Å². The number of oxazole rings is 1. The maximum absolute atomic E-state index is 12.1. The van der Waals surface area contributed by atoms with Crippen LogP contribution in [0.15, 0.2) is 64.0 Å². The first kappa shape index (κ1) is 20.1. The van der Waals surface area contributed by atoms with Crippen molar-refractivity contribution in [2.45, 2.75) is 24.7 Å². The summed E-state index contributed by atoms with van der Waals surface area (Å²) in [6.45, 7) is 1.59. The average Bonchev–Trinajstić information content (AvgIpc) is 3.16. The van der Waals surface area contributed by atoms with Gasteiger partial charge in [-0.3, -0.25) is 4.79 Å². The van der Waals surface area contributed by atoms with E-state index in [1.54, 1.807) is 37.4 Å². The number of aromatic nitrogens is 1. The predicted molar refractivity (Wildman–Crippen MR) is 108 cm³/mol. The van der Waals surface area contributed by atoms with Crippen LogP contribution in [0.3, 0.4) is 0 Å².